The van der Waals surface area contributed by atoms with Crippen LogP contribution in [0.5, 0.6) is 0 Å². The number of aromatic nitrogens is 1. The Hall–Kier alpha value is -3.59. The highest BCUT2D eigenvalue weighted by molar-refractivity contribution is 5.92. The van der Waals surface area contributed by atoms with E-state index in [0.29, 0.717) is 0 Å². The first-order valence-electron chi connectivity index (χ1n) is 12.9. The molecule has 0 amide bonds. The molecule has 0 aliphatic carbocycles. The Morgan fingerprint density at radius 2 is 1.19 bits per heavy atom. The van der Waals surface area contributed by atoms with Crippen molar-refractivity contribution in [3.8, 4) is 11.3 Å². The molecule has 36 heavy (non-hydrogen) atoms. The van der Waals surface area contributed by atoms with Gasteiger partial charge in [-0.3, -0.25) is 0 Å². The number of fused-ring (bicyclic) bond motifs is 1. The molecule has 3 heteroatoms. The van der Waals surface area contributed by atoms with Crippen LogP contribution in [0, 0.1) is 48.5 Å². The lowest BCUT2D eigenvalue weighted by molar-refractivity contribution is -0.660. The number of para-hydroxylation sites is 3. The molecule has 0 bridgehead atoms. The Kier molecular flexibility index (Phi) is 5.90. The van der Waals surface area contributed by atoms with Gasteiger partial charge in [0, 0.05) is 23.0 Å². The number of aryl methyl sites for hydroxylation is 7. The summed E-state index contributed by atoms with van der Waals surface area (Å²) in [5, 5.41) is 0. The van der Waals surface area contributed by atoms with Crippen molar-refractivity contribution in [1.82, 2.24) is 0 Å². The van der Waals surface area contributed by atoms with Gasteiger partial charge in [-0.05, 0) is 101 Å². The van der Waals surface area contributed by atoms with Gasteiger partial charge in [-0.15, -0.1) is 0 Å². The fraction of sp³-hybridized carbons (Fsp3) is 0.303. The van der Waals surface area contributed by atoms with E-state index >= 15 is 0 Å². The van der Waals surface area contributed by atoms with Gasteiger partial charge >= 0.3 is 0 Å². The molecule has 0 N–H and O–H groups in total. The van der Waals surface area contributed by atoms with E-state index < -0.39 is 0 Å². The minimum atomic E-state index is 0.142. The zero-order chi connectivity index (χ0) is 25.9. The molecular formula is C33H38N3+. The van der Waals surface area contributed by atoms with Gasteiger partial charge in [0.15, 0.2) is 6.20 Å². The third-order valence-electron chi connectivity index (χ3n) is 8.00. The van der Waals surface area contributed by atoms with Crippen LogP contribution < -0.4 is 14.4 Å². The number of hydrogen-bond acceptors (Lipinski definition) is 2. The first-order chi connectivity index (χ1) is 17.1. The lowest BCUT2D eigenvalue weighted by atomic mass is 9.92. The molecule has 3 aromatic carbocycles. The van der Waals surface area contributed by atoms with Gasteiger partial charge in [-0.1, -0.05) is 36.4 Å². The zero-order valence-electron chi connectivity index (χ0n) is 23.2. The average molecular weight is 477 g/mol. The fourth-order valence-corrected chi connectivity index (χ4v) is 6.26. The summed E-state index contributed by atoms with van der Waals surface area (Å²) in [5.74, 6) is 0. The second kappa shape index (κ2) is 8.81. The lowest BCUT2D eigenvalue weighted by Gasteiger charge is -2.34. The van der Waals surface area contributed by atoms with Crippen molar-refractivity contribution >= 4 is 22.7 Å². The summed E-state index contributed by atoms with van der Waals surface area (Å²) in [7, 11) is 2.16. The van der Waals surface area contributed by atoms with Crippen LogP contribution in [-0.4, -0.2) is 6.17 Å². The maximum atomic E-state index is 2.55. The standard InChI is InChI=1S/C33H38N3/c1-20-13-12-14-21(2)32(20)35-27(8)36(29-16-11-10-15-28(29)35)33-24(5)17-23(4)31(26(33)7)30-18-22(3)25(6)19-34(30)9/h10-19,27H,1-9H3/q+1/t27-/m1/s1. The zero-order valence-corrected chi connectivity index (χ0v) is 23.2. The monoisotopic (exact) mass is 476 g/mol. The van der Waals surface area contributed by atoms with E-state index in [1.165, 1.54) is 73.0 Å². The van der Waals surface area contributed by atoms with Crippen LogP contribution in [0.25, 0.3) is 11.3 Å². The summed E-state index contributed by atoms with van der Waals surface area (Å²) >= 11 is 0. The summed E-state index contributed by atoms with van der Waals surface area (Å²) in [6.45, 7) is 18.0. The molecule has 1 atom stereocenters. The molecule has 0 saturated carbocycles. The van der Waals surface area contributed by atoms with Crippen LogP contribution in [0.15, 0.2) is 60.8 Å². The van der Waals surface area contributed by atoms with Crippen molar-refractivity contribution in [2.24, 2.45) is 7.05 Å². The molecule has 2 heterocycles. The largest absolute Gasteiger partial charge is 0.318 e. The molecule has 0 radical (unpaired) electrons. The van der Waals surface area contributed by atoms with Crippen molar-refractivity contribution in [2.75, 3.05) is 9.80 Å². The number of rotatable bonds is 3. The van der Waals surface area contributed by atoms with E-state index in [-0.39, 0.29) is 6.17 Å². The van der Waals surface area contributed by atoms with Crippen LogP contribution in [0.4, 0.5) is 22.7 Å². The first kappa shape index (κ1) is 24.1. The van der Waals surface area contributed by atoms with E-state index in [9.17, 15) is 0 Å². The number of benzene rings is 3. The maximum Gasteiger partial charge on any atom is 0.213 e. The molecule has 184 valence electrons. The van der Waals surface area contributed by atoms with Gasteiger partial charge < -0.3 is 9.80 Å². The minimum Gasteiger partial charge on any atom is -0.318 e. The molecule has 0 saturated heterocycles. The second-order valence-electron chi connectivity index (χ2n) is 10.6. The molecule has 3 nitrogen and oxygen atoms in total. The predicted molar refractivity (Wildman–Crippen MR) is 153 cm³/mol. The molecule has 1 aliphatic rings. The van der Waals surface area contributed by atoms with Gasteiger partial charge in [0.05, 0.1) is 16.9 Å². The summed E-state index contributed by atoms with van der Waals surface area (Å²) < 4.78 is 2.28. The summed E-state index contributed by atoms with van der Waals surface area (Å²) in [6, 6.07) is 20.2. The van der Waals surface area contributed by atoms with Gasteiger partial charge in [-0.25, -0.2) is 4.57 Å². The minimum absolute atomic E-state index is 0.142. The lowest BCUT2D eigenvalue weighted by Crippen LogP contribution is -2.37. The van der Waals surface area contributed by atoms with Crippen molar-refractivity contribution in [3.63, 3.8) is 0 Å². The first-order valence-corrected chi connectivity index (χ1v) is 12.9. The molecule has 5 rings (SSSR count). The Labute approximate surface area is 216 Å². The van der Waals surface area contributed by atoms with Crippen molar-refractivity contribution < 1.29 is 4.57 Å². The summed E-state index contributed by atoms with van der Waals surface area (Å²) in [6.07, 6.45) is 2.39. The van der Waals surface area contributed by atoms with E-state index in [1.54, 1.807) is 0 Å². The maximum absolute atomic E-state index is 2.55. The number of anilines is 4. The molecule has 0 unspecified atom stereocenters. The highest BCUT2D eigenvalue weighted by Gasteiger charge is 2.38. The Morgan fingerprint density at radius 1 is 0.611 bits per heavy atom. The second-order valence-corrected chi connectivity index (χ2v) is 10.6. The van der Waals surface area contributed by atoms with E-state index in [4.69, 9.17) is 0 Å². The fourth-order valence-electron chi connectivity index (χ4n) is 6.26. The van der Waals surface area contributed by atoms with Crippen LogP contribution in [0.1, 0.15) is 45.9 Å². The number of pyridine rings is 1. The SMILES string of the molecule is Cc1cc(-c2c(C)cc(C)c(N3c4ccccc4N(c4c(C)cccc4C)[C@H]3C)c2C)[n+](C)cc1C. The number of hydrogen-bond donors (Lipinski definition) is 0. The van der Waals surface area contributed by atoms with Crippen molar-refractivity contribution in [3.05, 3.63) is 99.7 Å². The Balaban J connectivity index is 1.76. The van der Waals surface area contributed by atoms with E-state index in [1.807, 2.05) is 0 Å². The average Bonchev–Trinajstić information content (AvgIpc) is 3.09. The van der Waals surface area contributed by atoms with Crippen molar-refractivity contribution in [2.45, 2.75) is 61.6 Å². The van der Waals surface area contributed by atoms with Crippen LogP contribution in [-0.2, 0) is 7.05 Å². The van der Waals surface area contributed by atoms with Crippen LogP contribution >= 0.6 is 0 Å². The third-order valence-corrected chi connectivity index (χ3v) is 8.00. The van der Waals surface area contributed by atoms with Gasteiger partial charge in [0.1, 0.15) is 13.2 Å². The highest BCUT2D eigenvalue weighted by atomic mass is 15.4. The Morgan fingerprint density at radius 3 is 1.81 bits per heavy atom. The molecule has 4 aromatic rings. The molecule has 1 aromatic heterocycles. The van der Waals surface area contributed by atoms with Crippen LogP contribution in [0.2, 0.25) is 0 Å². The third kappa shape index (κ3) is 3.61. The normalized spacial score (nSPS) is 15.0. The smallest absolute Gasteiger partial charge is 0.213 e. The number of nitrogens with zero attached hydrogens (tertiary/aromatic N) is 3. The molecule has 0 fully saturated rings. The van der Waals surface area contributed by atoms with Crippen LogP contribution in [0.3, 0.4) is 0 Å². The molecule has 0 spiro atoms. The topological polar surface area (TPSA) is 10.4 Å². The van der Waals surface area contributed by atoms with Gasteiger partial charge in [0.25, 0.3) is 0 Å². The predicted octanol–water partition coefficient (Wildman–Crippen LogP) is 7.97. The van der Waals surface area contributed by atoms with Gasteiger partial charge in [0.2, 0.25) is 5.69 Å². The molecule has 1 aliphatic heterocycles. The highest BCUT2D eigenvalue weighted by Crippen LogP contribution is 2.51. The molecular weight excluding hydrogens is 438 g/mol. The quantitative estimate of drug-likeness (QED) is 0.278. The summed E-state index contributed by atoms with van der Waals surface area (Å²) in [5.41, 5.74) is 16.9. The van der Waals surface area contributed by atoms with Crippen molar-refractivity contribution in [1.29, 1.82) is 0 Å². The summed E-state index contributed by atoms with van der Waals surface area (Å²) in [4.78, 5) is 5.07. The Bertz CT molecular complexity index is 1480. The van der Waals surface area contributed by atoms with E-state index in [2.05, 4.69) is 138 Å². The van der Waals surface area contributed by atoms with Gasteiger partial charge in [-0.2, -0.15) is 0 Å². The van der Waals surface area contributed by atoms with E-state index in [0.717, 1.165) is 0 Å².